The molecule has 1 aliphatic heterocycles. The van der Waals surface area contributed by atoms with Crippen molar-refractivity contribution < 1.29 is 9.18 Å². The third-order valence-corrected chi connectivity index (χ3v) is 5.21. The molecular formula is C21H25ClFN3O. The summed E-state index contributed by atoms with van der Waals surface area (Å²) in [5.74, 6) is 0.309. The molecule has 1 fully saturated rings. The maximum Gasteiger partial charge on any atom is 0.319 e. The van der Waals surface area contributed by atoms with Gasteiger partial charge in [-0.15, -0.1) is 0 Å². The summed E-state index contributed by atoms with van der Waals surface area (Å²) >= 11 is 5.92. The third kappa shape index (κ3) is 6.52. The van der Waals surface area contributed by atoms with Crippen molar-refractivity contribution in [2.75, 3.05) is 31.5 Å². The second kappa shape index (κ2) is 9.72. The van der Waals surface area contributed by atoms with Gasteiger partial charge in [-0.05, 0) is 74.2 Å². The summed E-state index contributed by atoms with van der Waals surface area (Å²) in [4.78, 5) is 14.4. The lowest BCUT2D eigenvalue weighted by Crippen LogP contribution is -2.40. The largest absolute Gasteiger partial charge is 0.338 e. The van der Waals surface area contributed by atoms with Crippen molar-refractivity contribution in [1.82, 2.24) is 10.2 Å². The summed E-state index contributed by atoms with van der Waals surface area (Å²) in [6.45, 7) is 3.73. The SMILES string of the molecule is O=C(NCC1CCN(CCc2ccc(F)cc2)CC1)Nc1cccc(Cl)c1. The highest BCUT2D eigenvalue weighted by molar-refractivity contribution is 6.30. The smallest absolute Gasteiger partial charge is 0.319 e. The van der Waals surface area contributed by atoms with E-state index in [1.54, 1.807) is 18.2 Å². The predicted molar refractivity (Wildman–Crippen MR) is 108 cm³/mol. The molecule has 2 aromatic rings. The Morgan fingerprint density at radius 3 is 2.59 bits per heavy atom. The molecule has 2 N–H and O–H groups in total. The highest BCUT2D eigenvalue weighted by atomic mass is 35.5. The molecule has 0 radical (unpaired) electrons. The van der Waals surface area contributed by atoms with Crippen molar-refractivity contribution >= 4 is 23.3 Å². The number of rotatable bonds is 6. The van der Waals surface area contributed by atoms with Crippen molar-refractivity contribution in [3.05, 3.63) is 64.9 Å². The van der Waals surface area contributed by atoms with Crippen molar-refractivity contribution in [2.45, 2.75) is 19.3 Å². The summed E-state index contributed by atoms with van der Waals surface area (Å²) in [7, 11) is 0. The molecule has 0 spiro atoms. The number of halogens is 2. The Labute approximate surface area is 164 Å². The number of carbonyl (C=O) groups excluding carboxylic acids is 1. The summed E-state index contributed by atoms with van der Waals surface area (Å²) < 4.78 is 12.9. The summed E-state index contributed by atoms with van der Waals surface area (Å²) in [5, 5.41) is 6.35. The van der Waals surface area contributed by atoms with Gasteiger partial charge >= 0.3 is 6.03 Å². The maximum absolute atomic E-state index is 12.9. The average Bonchev–Trinajstić information content (AvgIpc) is 2.67. The number of hydrogen-bond acceptors (Lipinski definition) is 2. The summed E-state index contributed by atoms with van der Waals surface area (Å²) in [5.41, 5.74) is 1.86. The molecule has 1 heterocycles. The zero-order valence-corrected chi connectivity index (χ0v) is 16.0. The minimum absolute atomic E-state index is 0.188. The quantitative estimate of drug-likeness (QED) is 0.760. The summed E-state index contributed by atoms with van der Waals surface area (Å²) in [6, 6.07) is 13.6. The molecule has 1 aliphatic rings. The number of nitrogens with zero attached hydrogens (tertiary/aromatic N) is 1. The molecule has 0 aliphatic carbocycles. The highest BCUT2D eigenvalue weighted by Crippen LogP contribution is 2.18. The van der Waals surface area contributed by atoms with E-state index in [9.17, 15) is 9.18 Å². The fourth-order valence-corrected chi connectivity index (χ4v) is 3.52. The minimum atomic E-state index is -0.198. The molecule has 0 bridgehead atoms. The lowest BCUT2D eigenvalue weighted by molar-refractivity contribution is 0.184. The molecular weight excluding hydrogens is 365 g/mol. The molecule has 0 unspecified atom stereocenters. The Morgan fingerprint density at radius 1 is 1.15 bits per heavy atom. The van der Waals surface area contributed by atoms with E-state index in [0.717, 1.165) is 44.5 Å². The molecule has 2 aromatic carbocycles. The lowest BCUT2D eigenvalue weighted by atomic mass is 9.96. The number of amides is 2. The van der Waals surface area contributed by atoms with E-state index in [1.165, 1.54) is 12.1 Å². The highest BCUT2D eigenvalue weighted by Gasteiger charge is 2.19. The van der Waals surface area contributed by atoms with Crippen LogP contribution < -0.4 is 10.6 Å². The third-order valence-electron chi connectivity index (χ3n) is 4.97. The fraction of sp³-hybridized carbons (Fsp3) is 0.381. The van der Waals surface area contributed by atoms with Crippen LogP contribution in [-0.4, -0.2) is 37.1 Å². The van der Waals surface area contributed by atoms with Gasteiger partial charge in [0.25, 0.3) is 0 Å². The normalized spacial score (nSPS) is 15.5. The van der Waals surface area contributed by atoms with Crippen LogP contribution in [0.2, 0.25) is 5.02 Å². The van der Waals surface area contributed by atoms with E-state index in [1.807, 2.05) is 18.2 Å². The van der Waals surface area contributed by atoms with Gasteiger partial charge in [0.05, 0.1) is 0 Å². The van der Waals surface area contributed by atoms with E-state index < -0.39 is 0 Å². The van der Waals surface area contributed by atoms with Gasteiger partial charge in [-0.3, -0.25) is 0 Å². The Kier molecular flexibility index (Phi) is 7.07. The van der Waals surface area contributed by atoms with E-state index >= 15 is 0 Å². The van der Waals surface area contributed by atoms with Crippen molar-refractivity contribution in [1.29, 1.82) is 0 Å². The van der Waals surface area contributed by atoms with Crippen molar-refractivity contribution in [2.24, 2.45) is 5.92 Å². The van der Waals surface area contributed by atoms with Gasteiger partial charge in [0.15, 0.2) is 0 Å². The van der Waals surface area contributed by atoms with E-state index in [-0.39, 0.29) is 11.8 Å². The first-order valence-corrected chi connectivity index (χ1v) is 9.73. The monoisotopic (exact) mass is 389 g/mol. The fourth-order valence-electron chi connectivity index (χ4n) is 3.33. The van der Waals surface area contributed by atoms with Crippen LogP contribution >= 0.6 is 11.6 Å². The second-order valence-corrected chi connectivity index (χ2v) is 7.44. The molecule has 0 atom stereocenters. The molecule has 1 saturated heterocycles. The van der Waals surface area contributed by atoms with Gasteiger partial charge in [0.2, 0.25) is 0 Å². The van der Waals surface area contributed by atoms with Crippen LogP contribution in [0.5, 0.6) is 0 Å². The molecule has 0 aromatic heterocycles. The summed E-state index contributed by atoms with van der Waals surface area (Å²) in [6.07, 6.45) is 3.08. The molecule has 4 nitrogen and oxygen atoms in total. The van der Waals surface area contributed by atoms with Gasteiger partial charge in [0.1, 0.15) is 5.82 Å². The zero-order chi connectivity index (χ0) is 19.1. The second-order valence-electron chi connectivity index (χ2n) is 7.01. The van der Waals surface area contributed by atoms with Crippen LogP contribution in [0.15, 0.2) is 48.5 Å². The number of likely N-dealkylation sites (tertiary alicyclic amines) is 1. The Balaban J connectivity index is 1.33. The minimum Gasteiger partial charge on any atom is -0.338 e. The Hall–Kier alpha value is -2.11. The number of carbonyl (C=O) groups is 1. The number of nitrogens with one attached hydrogen (secondary N) is 2. The van der Waals surface area contributed by atoms with E-state index in [2.05, 4.69) is 15.5 Å². The van der Waals surface area contributed by atoms with E-state index in [4.69, 9.17) is 11.6 Å². The van der Waals surface area contributed by atoms with E-state index in [0.29, 0.717) is 23.2 Å². The van der Waals surface area contributed by atoms with Crippen molar-refractivity contribution in [3.8, 4) is 0 Å². The van der Waals surface area contributed by atoms with Crippen LogP contribution in [0.1, 0.15) is 18.4 Å². The van der Waals surface area contributed by atoms with Crippen LogP contribution in [0, 0.1) is 11.7 Å². The van der Waals surface area contributed by atoms with Crippen LogP contribution in [0.25, 0.3) is 0 Å². The van der Waals surface area contributed by atoms with Crippen LogP contribution in [0.4, 0.5) is 14.9 Å². The number of urea groups is 1. The number of hydrogen-bond donors (Lipinski definition) is 2. The van der Waals surface area contributed by atoms with Crippen LogP contribution in [0.3, 0.4) is 0 Å². The first-order chi connectivity index (χ1) is 13.1. The van der Waals surface area contributed by atoms with Gasteiger partial charge in [-0.1, -0.05) is 29.8 Å². The van der Waals surface area contributed by atoms with Gasteiger partial charge < -0.3 is 15.5 Å². The average molecular weight is 390 g/mol. The van der Waals surface area contributed by atoms with Gasteiger partial charge in [0, 0.05) is 23.8 Å². The molecule has 3 rings (SSSR count). The van der Waals surface area contributed by atoms with Crippen LogP contribution in [-0.2, 0) is 6.42 Å². The molecule has 0 saturated carbocycles. The molecule has 144 valence electrons. The standard InChI is InChI=1S/C21H25ClFN3O/c22-18-2-1-3-20(14-18)25-21(27)24-15-17-9-12-26(13-10-17)11-8-16-4-6-19(23)7-5-16/h1-7,14,17H,8-13,15H2,(H2,24,25,27). The number of piperidine rings is 1. The van der Waals surface area contributed by atoms with Gasteiger partial charge in [-0.25, -0.2) is 9.18 Å². The first kappa shape index (κ1) is 19.6. The first-order valence-electron chi connectivity index (χ1n) is 9.36. The van der Waals surface area contributed by atoms with Crippen molar-refractivity contribution in [3.63, 3.8) is 0 Å². The van der Waals surface area contributed by atoms with Gasteiger partial charge in [-0.2, -0.15) is 0 Å². The molecule has 6 heteroatoms. The Bertz CT molecular complexity index is 745. The lowest BCUT2D eigenvalue weighted by Gasteiger charge is -2.32. The Morgan fingerprint density at radius 2 is 1.89 bits per heavy atom. The molecule has 2 amide bonds. The number of anilines is 1. The number of benzene rings is 2. The topological polar surface area (TPSA) is 44.4 Å². The zero-order valence-electron chi connectivity index (χ0n) is 15.3. The predicted octanol–water partition coefficient (Wildman–Crippen LogP) is 4.56. The maximum atomic E-state index is 12.9. The molecule has 27 heavy (non-hydrogen) atoms.